The molecule has 0 amide bonds. The zero-order valence-corrected chi connectivity index (χ0v) is 13.4. The summed E-state index contributed by atoms with van der Waals surface area (Å²) in [7, 11) is 0. The summed E-state index contributed by atoms with van der Waals surface area (Å²) in [4.78, 5) is 11.0. The van der Waals surface area contributed by atoms with Crippen molar-refractivity contribution in [2.75, 3.05) is 0 Å². The Hall–Kier alpha value is -1.58. The van der Waals surface area contributed by atoms with Crippen LogP contribution in [0.2, 0.25) is 0 Å². The number of fused-ring (bicyclic) bond motifs is 5. The van der Waals surface area contributed by atoms with E-state index >= 15 is 0 Å². The zero-order chi connectivity index (χ0) is 16.2. The van der Waals surface area contributed by atoms with Gasteiger partial charge in [0.05, 0.1) is 5.97 Å². The van der Waals surface area contributed by atoms with E-state index in [1.54, 1.807) is 0 Å². The summed E-state index contributed by atoms with van der Waals surface area (Å²) in [6.07, 6.45) is 6.90. The lowest BCUT2D eigenvalue weighted by Gasteiger charge is -2.42. The topological polar surface area (TPSA) is 49.4 Å². The molecule has 0 spiro atoms. The van der Waals surface area contributed by atoms with Gasteiger partial charge in [-0.25, -0.2) is 4.39 Å². The van der Waals surface area contributed by atoms with Gasteiger partial charge in [-0.05, 0) is 68.1 Å². The first-order valence-electron chi connectivity index (χ1n) is 8.74. The van der Waals surface area contributed by atoms with Crippen molar-refractivity contribution in [1.29, 1.82) is 0 Å². The number of ether oxygens (including phenoxy) is 1. The van der Waals surface area contributed by atoms with Crippen LogP contribution in [0.4, 0.5) is 4.39 Å². The lowest BCUT2D eigenvalue weighted by molar-refractivity contribution is -0.255. The van der Waals surface area contributed by atoms with Crippen LogP contribution in [0.5, 0.6) is 5.75 Å². The van der Waals surface area contributed by atoms with Crippen LogP contribution in [0.15, 0.2) is 18.2 Å². The quantitative estimate of drug-likeness (QED) is 0.857. The molecule has 23 heavy (non-hydrogen) atoms. The molecule has 0 aromatic heterocycles. The first kappa shape index (κ1) is 15.0. The van der Waals surface area contributed by atoms with E-state index in [9.17, 15) is 14.3 Å². The molecule has 1 aromatic rings. The molecule has 3 aliphatic carbocycles. The Morgan fingerprint density at radius 2 is 2.17 bits per heavy atom. The zero-order valence-electron chi connectivity index (χ0n) is 13.4. The molecule has 5 atom stereocenters. The maximum Gasteiger partial charge on any atom is 0.165 e. The Kier molecular flexibility index (Phi) is 3.40. The van der Waals surface area contributed by atoms with E-state index in [0.29, 0.717) is 17.8 Å². The van der Waals surface area contributed by atoms with Crippen LogP contribution in [0.3, 0.4) is 0 Å². The van der Waals surface area contributed by atoms with Gasteiger partial charge in [-0.2, -0.15) is 0 Å². The average molecular weight is 317 g/mol. The van der Waals surface area contributed by atoms with Crippen LogP contribution in [0.25, 0.3) is 0 Å². The largest absolute Gasteiger partial charge is 0.545 e. The predicted molar refractivity (Wildman–Crippen MR) is 81.4 cm³/mol. The van der Waals surface area contributed by atoms with Crippen molar-refractivity contribution < 1.29 is 19.0 Å². The fourth-order valence-electron chi connectivity index (χ4n) is 5.74. The summed E-state index contributed by atoms with van der Waals surface area (Å²) in [6.45, 7) is 2.10. The number of carbonyl (C=O) groups is 1. The number of rotatable bonds is 4. The maximum atomic E-state index is 14.2. The van der Waals surface area contributed by atoms with Gasteiger partial charge in [0.25, 0.3) is 0 Å². The molecule has 4 heteroatoms. The second-order valence-electron chi connectivity index (χ2n) is 7.52. The number of carbonyl (C=O) groups excluding carboxylic acids is 1. The minimum atomic E-state index is -1.30. The summed E-state index contributed by atoms with van der Waals surface area (Å²) in [5.74, 6) is 0.994. The van der Waals surface area contributed by atoms with Crippen LogP contribution in [0, 0.1) is 29.5 Å². The fraction of sp³-hybridized carbons (Fsp3) is 0.632. The third-order valence-electron chi connectivity index (χ3n) is 6.67. The second kappa shape index (κ2) is 5.22. The first-order chi connectivity index (χ1) is 11.0. The highest BCUT2D eigenvalue weighted by Gasteiger charge is 2.61. The minimum absolute atomic E-state index is 0.0328. The van der Waals surface area contributed by atoms with Crippen molar-refractivity contribution >= 4 is 5.97 Å². The Labute approximate surface area is 135 Å². The standard InChI is InChI=1S/C19H23FO3/c1-2-19(10-12-8-15(19)14-5-3-4-13(12)14)23-17-9-11(18(21)22)6-7-16(17)20/h6-7,9,12-15H,2-5,8,10H2,1H3,(H,21,22)/p-1. The van der Waals surface area contributed by atoms with Crippen molar-refractivity contribution in [3.63, 3.8) is 0 Å². The molecule has 0 aliphatic heterocycles. The molecule has 3 fully saturated rings. The molecule has 1 aromatic carbocycles. The third kappa shape index (κ3) is 2.18. The highest BCUT2D eigenvalue weighted by Crippen LogP contribution is 2.64. The Morgan fingerprint density at radius 3 is 2.91 bits per heavy atom. The Balaban J connectivity index is 1.65. The molecule has 3 saturated carbocycles. The van der Waals surface area contributed by atoms with Gasteiger partial charge in [-0.1, -0.05) is 13.3 Å². The van der Waals surface area contributed by atoms with Crippen LogP contribution < -0.4 is 9.84 Å². The summed E-state index contributed by atoms with van der Waals surface area (Å²) in [5, 5.41) is 11.0. The molecular formula is C19H22FO3-. The number of hydrogen-bond donors (Lipinski definition) is 0. The molecule has 0 heterocycles. The summed E-state index contributed by atoms with van der Waals surface area (Å²) in [5.41, 5.74) is -0.365. The summed E-state index contributed by atoms with van der Waals surface area (Å²) >= 11 is 0. The van der Waals surface area contributed by atoms with Gasteiger partial charge in [0.15, 0.2) is 11.6 Å². The van der Waals surface area contributed by atoms with Gasteiger partial charge < -0.3 is 14.6 Å². The predicted octanol–water partition coefficient (Wildman–Crippen LogP) is 3.17. The van der Waals surface area contributed by atoms with Gasteiger partial charge in [0.2, 0.25) is 0 Å². The number of carboxylic acids is 1. The van der Waals surface area contributed by atoms with E-state index in [-0.39, 0.29) is 16.9 Å². The van der Waals surface area contributed by atoms with Crippen molar-refractivity contribution in [2.24, 2.45) is 23.7 Å². The molecular weight excluding hydrogens is 295 g/mol. The molecule has 0 radical (unpaired) electrons. The van der Waals surface area contributed by atoms with Crippen LogP contribution >= 0.6 is 0 Å². The molecule has 0 N–H and O–H groups in total. The lowest BCUT2D eigenvalue weighted by Crippen LogP contribution is -2.46. The smallest absolute Gasteiger partial charge is 0.165 e. The molecule has 3 nitrogen and oxygen atoms in total. The number of benzene rings is 1. The second-order valence-corrected chi connectivity index (χ2v) is 7.52. The third-order valence-corrected chi connectivity index (χ3v) is 6.67. The molecule has 3 aliphatic rings. The maximum absolute atomic E-state index is 14.2. The average Bonchev–Trinajstić information content (AvgIpc) is 3.20. The monoisotopic (exact) mass is 317 g/mol. The van der Waals surface area contributed by atoms with Crippen molar-refractivity contribution in [2.45, 2.75) is 51.0 Å². The number of carboxylic acid groups (broad SMARTS) is 1. The molecule has 2 bridgehead atoms. The van der Waals surface area contributed by atoms with E-state index in [2.05, 4.69) is 6.92 Å². The van der Waals surface area contributed by atoms with Crippen LogP contribution in [-0.4, -0.2) is 11.6 Å². The van der Waals surface area contributed by atoms with Crippen LogP contribution in [0.1, 0.15) is 55.8 Å². The summed E-state index contributed by atoms with van der Waals surface area (Å²) in [6, 6.07) is 3.67. The summed E-state index contributed by atoms with van der Waals surface area (Å²) < 4.78 is 20.4. The van der Waals surface area contributed by atoms with E-state index < -0.39 is 11.8 Å². The van der Waals surface area contributed by atoms with Crippen molar-refractivity contribution in [3.8, 4) is 5.75 Å². The Morgan fingerprint density at radius 1 is 1.39 bits per heavy atom. The normalized spacial score (nSPS) is 37.8. The number of halogens is 1. The van der Waals surface area contributed by atoms with Gasteiger partial charge in [0.1, 0.15) is 5.60 Å². The molecule has 0 saturated heterocycles. The van der Waals surface area contributed by atoms with Crippen molar-refractivity contribution in [3.05, 3.63) is 29.6 Å². The van der Waals surface area contributed by atoms with E-state index in [4.69, 9.17) is 4.74 Å². The Bertz CT molecular complexity index is 644. The van der Waals surface area contributed by atoms with Gasteiger partial charge >= 0.3 is 0 Å². The fourth-order valence-corrected chi connectivity index (χ4v) is 5.74. The van der Waals surface area contributed by atoms with E-state index in [0.717, 1.165) is 24.8 Å². The van der Waals surface area contributed by atoms with Crippen molar-refractivity contribution in [1.82, 2.24) is 0 Å². The molecule has 5 unspecified atom stereocenters. The highest BCUT2D eigenvalue weighted by atomic mass is 19.1. The lowest BCUT2D eigenvalue weighted by atomic mass is 9.71. The first-order valence-corrected chi connectivity index (χ1v) is 8.74. The highest BCUT2D eigenvalue weighted by molar-refractivity contribution is 5.86. The molecule has 4 rings (SSSR count). The van der Waals surface area contributed by atoms with E-state index in [1.165, 1.54) is 37.8 Å². The SMILES string of the molecule is CCC1(Oc2cc(C(=O)[O-])ccc2F)CC2CC1C1CCCC21. The minimum Gasteiger partial charge on any atom is -0.545 e. The number of hydrogen-bond acceptors (Lipinski definition) is 3. The van der Waals surface area contributed by atoms with E-state index in [1.807, 2.05) is 0 Å². The molecule has 124 valence electrons. The van der Waals surface area contributed by atoms with Gasteiger partial charge in [-0.15, -0.1) is 0 Å². The number of aromatic carboxylic acids is 1. The van der Waals surface area contributed by atoms with Gasteiger partial charge in [-0.3, -0.25) is 0 Å². The van der Waals surface area contributed by atoms with Crippen LogP contribution in [-0.2, 0) is 0 Å². The van der Waals surface area contributed by atoms with Gasteiger partial charge in [0, 0.05) is 11.5 Å².